The van der Waals surface area contributed by atoms with E-state index >= 15 is 0 Å². The molecule has 0 aliphatic rings. The third kappa shape index (κ3) is 5.74. The summed E-state index contributed by atoms with van der Waals surface area (Å²) in [6.45, 7) is 0. The third-order valence-corrected chi connectivity index (χ3v) is 5.63. The van der Waals surface area contributed by atoms with E-state index in [2.05, 4.69) is 0 Å². The Hall–Kier alpha value is -4.98. The first-order valence-corrected chi connectivity index (χ1v) is 11.2. The Morgan fingerprint density at radius 1 is 0.444 bits per heavy atom. The zero-order valence-corrected chi connectivity index (χ0v) is 19.3. The number of anilines is 4. The van der Waals surface area contributed by atoms with Crippen molar-refractivity contribution in [3.05, 3.63) is 108 Å². The normalized spacial score (nSPS) is 12.3. The molecule has 2 unspecified atom stereocenters. The Kier molecular flexibility index (Phi) is 7.06. The van der Waals surface area contributed by atoms with E-state index in [0.717, 1.165) is 0 Å². The van der Waals surface area contributed by atoms with E-state index in [-0.39, 0.29) is 11.5 Å². The van der Waals surface area contributed by atoms with Crippen LogP contribution in [-0.4, -0.2) is 11.9 Å². The average molecular weight is 483 g/mol. The average Bonchev–Trinajstić information content (AvgIpc) is 2.86. The predicted octanol–water partition coefficient (Wildman–Crippen LogP) is 4.09. The van der Waals surface area contributed by atoms with E-state index in [1.54, 1.807) is 97.1 Å². The molecule has 4 rings (SSSR count). The van der Waals surface area contributed by atoms with Gasteiger partial charge in [0, 0.05) is 22.7 Å². The molecule has 0 aromatic heterocycles. The minimum atomic E-state index is -1.06. The fourth-order valence-electron chi connectivity index (χ4n) is 3.77. The minimum absolute atomic E-state index is 0.289. The highest BCUT2D eigenvalue weighted by Crippen LogP contribution is 2.37. The summed E-state index contributed by atoms with van der Waals surface area (Å²) in [5.41, 5.74) is 26.4. The van der Waals surface area contributed by atoms with Gasteiger partial charge in [0.25, 0.3) is 0 Å². The van der Waals surface area contributed by atoms with Crippen molar-refractivity contribution in [1.82, 2.24) is 0 Å². The van der Waals surface area contributed by atoms with Crippen LogP contribution in [0.3, 0.4) is 0 Å². The number of carbonyl (C=O) groups excluding carboxylic acids is 2. The number of carbonyl (C=O) groups is 2. The number of hydrogen-bond donors (Lipinski definition) is 4. The molecular weight excluding hydrogens is 456 g/mol. The van der Waals surface area contributed by atoms with E-state index in [0.29, 0.717) is 33.9 Å². The van der Waals surface area contributed by atoms with Crippen molar-refractivity contribution in [2.75, 3.05) is 22.9 Å². The van der Waals surface area contributed by atoms with Gasteiger partial charge in [0.1, 0.15) is 11.5 Å². The van der Waals surface area contributed by atoms with Gasteiger partial charge in [0.2, 0.25) is 0 Å². The van der Waals surface area contributed by atoms with Crippen molar-refractivity contribution in [3.8, 4) is 11.5 Å². The van der Waals surface area contributed by atoms with Crippen LogP contribution in [0.5, 0.6) is 11.5 Å². The first-order chi connectivity index (χ1) is 17.3. The van der Waals surface area contributed by atoms with E-state index in [4.69, 9.17) is 32.4 Å². The van der Waals surface area contributed by atoms with E-state index in [9.17, 15) is 9.59 Å². The summed E-state index contributed by atoms with van der Waals surface area (Å²) in [6.07, 6.45) is 0. The number of esters is 2. The number of hydrogen-bond acceptors (Lipinski definition) is 8. The van der Waals surface area contributed by atoms with E-state index in [1.165, 1.54) is 0 Å². The SMILES string of the molecule is Nc1ccc(OC(=O)C(c2ccc(N)cc2)C(C(=O)Oc2ccc(N)cc2)c2ccc(N)cc2)cc1. The lowest BCUT2D eigenvalue weighted by atomic mass is 9.81. The molecule has 0 saturated heterocycles. The van der Waals surface area contributed by atoms with Gasteiger partial charge in [-0.3, -0.25) is 9.59 Å². The molecule has 0 saturated carbocycles. The fraction of sp³-hybridized carbons (Fsp3) is 0.0714. The molecule has 36 heavy (non-hydrogen) atoms. The number of nitrogens with two attached hydrogens (primary N) is 4. The molecule has 0 heterocycles. The summed E-state index contributed by atoms with van der Waals surface area (Å²) in [7, 11) is 0. The molecular formula is C28H26N4O4. The van der Waals surface area contributed by atoms with Crippen LogP contribution < -0.4 is 32.4 Å². The summed E-state index contributed by atoms with van der Waals surface area (Å²) < 4.78 is 11.4. The topological polar surface area (TPSA) is 157 Å². The monoisotopic (exact) mass is 482 g/mol. The fourth-order valence-corrected chi connectivity index (χ4v) is 3.77. The summed E-state index contributed by atoms with van der Waals surface area (Å²) in [5.74, 6) is -2.85. The van der Waals surface area contributed by atoms with E-state index < -0.39 is 23.8 Å². The largest absolute Gasteiger partial charge is 0.426 e. The molecule has 0 aliphatic carbocycles. The van der Waals surface area contributed by atoms with Crippen molar-refractivity contribution in [2.45, 2.75) is 11.8 Å². The third-order valence-electron chi connectivity index (χ3n) is 5.63. The van der Waals surface area contributed by atoms with Crippen LogP contribution in [-0.2, 0) is 9.59 Å². The summed E-state index contributed by atoms with van der Waals surface area (Å²) in [6, 6.07) is 26.2. The van der Waals surface area contributed by atoms with Crippen LogP contribution in [0.15, 0.2) is 97.1 Å². The van der Waals surface area contributed by atoms with Gasteiger partial charge in [0.15, 0.2) is 0 Å². The van der Waals surface area contributed by atoms with Gasteiger partial charge in [-0.05, 0) is 83.9 Å². The summed E-state index contributed by atoms with van der Waals surface area (Å²) in [4.78, 5) is 27.3. The number of nitrogen functional groups attached to an aromatic ring is 4. The highest BCUT2D eigenvalue weighted by atomic mass is 16.5. The second-order valence-corrected chi connectivity index (χ2v) is 8.27. The van der Waals surface area contributed by atoms with Crippen LogP contribution in [0.1, 0.15) is 23.0 Å². The van der Waals surface area contributed by atoms with Gasteiger partial charge in [-0.2, -0.15) is 0 Å². The molecule has 8 N–H and O–H groups in total. The van der Waals surface area contributed by atoms with Crippen LogP contribution in [0.4, 0.5) is 22.7 Å². The highest BCUT2D eigenvalue weighted by molar-refractivity contribution is 5.92. The molecule has 0 fully saturated rings. The van der Waals surface area contributed by atoms with Crippen LogP contribution in [0.25, 0.3) is 0 Å². The van der Waals surface area contributed by atoms with Crippen molar-refractivity contribution in [2.24, 2.45) is 0 Å². The number of rotatable bonds is 7. The van der Waals surface area contributed by atoms with Crippen molar-refractivity contribution < 1.29 is 19.1 Å². The molecule has 0 aliphatic heterocycles. The molecule has 8 heteroatoms. The molecule has 0 radical (unpaired) electrons. The van der Waals surface area contributed by atoms with Crippen molar-refractivity contribution in [1.29, 1.82) is 0 Å². The molecule has 4 aromatic carbocycles. The van der Waals surface area contributed by atoms with Crippen LogP contribution in [0.2, 0.25) is 0 Å². The lowest BCUT2D eigenvalue weighted by molar-refractivity contribution is -0.144. The number of benzene rings is 4. The van der Waals surface area contributed by atoms with Gasteiger partial charge < -0.3 is 32.4 Å². The lowest BCUT2D eigenvalue weighted by Crippen LogP contribution is -2.32. The number of ether oxygens (including phenoxy) is 2. The van der Waals surface area contributed by atoms with E-state index in [1.807, 2.05) is 0 Å². The van der Waals surface area contributed by atoms with Gasteiger partial charge in [-0.15, -0.1) is 0 Å². The maximum absolute atomic E-state index is 13.6. The minimum Gasteiger partial charge on any atom is -0.426 e. The van der Waals surface area contributed by atoms with Gasteiger partial charge in [-0.1, -0.05) is 24.3 Å². The van der Waals surface area contributed by atoms with Crippen molar-refractivity contribution in [3.63, 3.8) is 0 Å². The van der Waals surface area contributed by atoms with Gasteiger partial charge in [0.05, 0.1) is 11.8 Å². The second kappa shape index (κ2) is 10.5. The van der Waals surface area contributed by atoms with Gasteiger partial charge >= 0.3 is 11.9 Å². The first kappa shape index (κ1) is 24.2. The van der Waals surface area contributed by atoms with Crippen LogP contribution >= 0.6 is 0 Å². The predicted molar refractivity (Wildman–Crippen MR) is 140 cm³/mol. The maximum Gasteiger partial charge on any atom is 0.320 e. The Morgan fingerprint density at radius 2 is 0.694 bits per heavy atom. The maximum atomic E-state index is 13.6. The Bertz CT molecular complexity index is 1230. The molecule has 0 amide bonds. The summed E-state index contributed by atoms with van der Waals surface area (Å²) >= 11 is 0. The molecule has 0 spiro atoms. The molecule has 182 valence electrons. The summed E-state index contributed by atoms with van der Waals surface area (Å²) in [5, 5.41) is 0. The first-order valence-electron chi connectivity index (χ1n) is 11.2. The smallest absolute Gasteiger partial charge is 0.320 e. The Labute approximate surface area is 208 Å². The molecule has 8 nitrogen and oxygen atoms in total. The molecule has 2 atom stereocenters. The standard InChI is InChI=1S/C28H26N4O4/c29-19-5-1-17(2-6-19)25(27(33)35-23-13-9-21(31)10-14-23)26(18-3-7-20(30)8-4-18)28(34)36-24-15-11-22(32)12-16-24/h1-16,25-26H,29-32H2. The Morgan fingerprint density at radius 3 is 0.972 bits per heavy atom. The van der Waals surface area contributed by atoms with Gasteiger partial charge in [-0.25, -0.2) is 0 Å². The zero-order valence-electron chi connectivity index (χ0n) is 19.3. The second-order valence-electron chi connectivity index (χ2n) is 8.27. The Balaban J connectivity index is 1.77. The quantitative estimate of drug-likeness (QED) is 0.174. The van der Waals surface area contributed by atoms with Crippen molar-refractivity contribution >= 4 is 34.7 Å². The molecule has 4 aromatic rings. The lowest BCUT2D eigenvalue weighted by Gasteiger charge is -2.25. The van der Waals surface area contributed by atoms with Crippen LogP contribution in [0, 0.1) is 0 Å². The highest BCUT2D eigenvalue weighted by Gasteiger charge is 2.39. The molecule has 0 bridgehead atoms. The zero-order chi connectivity index (χ0) is 25.7.